The SMILES string of the molecule is CN=C(NCc1cn(C)nc1C(F)(F)F)NC1CCN(CCOC)CC1. The Kier molecular flexibility index (Phi) is 7.27. The molecule has 0 saturated carbocycles. The molecule has 0 radical (unpaired) electrons. The first kappa shape index (κ1) is 20.5. The highest BCUT2D eigenvalue weighted by atomic mass is 19.4. The summed E-state index contributed by atoms with van der Waals surface area (Å²) in [5.74, 6) is 0.498. The zero-order valence-electron chi connectivity index (χ0n) is 15.4. The lowest BCUT2D eigenvalue weighted by atomic mass is 10.1. The molecule has 2 N–H and O–H groups in total. The van der Waals surface area contributed by atoms with Crippen LogP contribution in [0.3, 0.4) is 0 Å². The average Bonchev–Trinajstić information content (AvgIpc) is 2.99. The monoisotopic (exact) mass is 376 g/mol. The Balaban J connectivity index is 1.84. The van der Waals surface area contributed by atoms with Gasteiger partial charge in [-0.25, -0.2) is 0 Å². The third-order valence-corrected chi connectivity index (χ3v) is 4.38. The highest BCUT2D eigenvalue weighted by molar-refractivity contribution is 5.80. The molecule has 0 aromatic carbocycles. The fourth-order valence-electron chi connectivity index (χ4n) is 2.99. The van der Waals surface area contributed by atoms with Crippen molar-refractivity contribution in [2.75, 3.05) is 40.4 Å². The van der Waals surface area contributed by atoms with Gasteiger partial charge in [0, 0.05) is 65.2 Å². The number of alkyl halides is 3. The van der Waals surface area contributed by atoms with E-state index in [1.165, 1.54) is 17.9 Å². The molecule has 1 aromatic heterocycles. The number of ether oxygens (including phenoxy) is 1. The lowest BCUT2D eigenvalue weighted by Gasteiger charge is -2.32. The minimum absolute atomic E-state index is 0.00897. The van der Waals surface area contributed by atoms with Crippen LogP contribution in [0.1, 0.15) is 24.1 Å². The molecule has 1 aromatic rings. The van der Waals surface area contributed by atoms with E-state index in [2.05, 4.69) is 25.6 Å². The summed E-state index contributed by atoms with van der Waals surface area (Å²) >= 11 is 0. The molecule has 0 bridgehead atoms. The van der Waals surface area contributed by atoms with Gasteiger partial charge in [-0.05, 0) is 12.8 Å². The van der Waals surface area contributed by atoms with Gasteiger partial charge in [-0.15, -0.1) is 0 Å². The minimum atomic E-state index is -4.47. The van der Waals surface area contributed by atoms with Crippen LogP contribution in [0.4, 0.5) is 13.2 Å². The van der Waals surface area contributed by atoms with Gasteiger partial charge in [-0.3, -0.25) is 9.67 Å². The van der Waals surface area contributed by atoms with Crippen molar-refractivity contribution >= 4 is 5.96 Å². The highest BCUT2D eigenvalue weighted by Crippen LogP contribution is 2.30. The first-order chi connectivity index (χ1) is 12.3. The zero-order valence-corrected chi connectivity index (χ0v) is 15.4. The van der Waals surface area contributed by atoms with Crippen molar-refractivity contribution < 1.29 is 17.9 Å². The molecule has 0 spiro atoms. The van der Waals surface area contributed by atoms with Gasteiger partial charge in [0.05, 0.1) is 6.61 Å². The Morgan fingerprint density at radius 3 is 2.65 bits per heavy atom. The quantitative estimate of drug-likeness (QED) is 0.577. The summed E-state index contributed by atoms with van der Waals surface area (Å²) in [4.78, 5) is 6.45. The fourth-order valence-corrected chi connectivity index (χ4v) is 2.99. The van der Waals surface area contributed by atoms with Crippen LogP contribution in [-0.4, -0.2) is 67.1 Å². The first-order valence-corrected chi connectivity index (χ1v) is 8.61. The number of aryl methyl sites for hydroxylation is 1. The number of methoxy groups -OCH3 is 1. The van der Waals surface area contributed by atoms with E-state index < -0.39 is 11.9 Å². The van der Waals surface area contributed by atoms with Gasteiger partial charge in [0.2, 0.25) is 0 Å². The molecule has 1 fully saturated rings. The second kappa shape index (κ2) is 9.22. The summed E-state index contributed by atoms with van der Waals surface area (Å²) in [6, 6.07) is 0.246. The van der Waals surface area contributed by atoms with E-state index in [4.69, 9.17) is 4.74 Å². The van der Waals surface area contributed by atoms with Crippen LogP contribution in [-0.2, 0) is 24.5 Å². The van der Waals surface area contributed by atoms with Crippen molar-refractivity contribution in [3.63, 3.8) is 0 Å². The number of likely N-dealkylation sites (tertiary alicyclic amines) is 1. The third kappa shape index (κ3) is 5.87. The first-order valence-electron chi connectivity index (χ1n) is 8.61. The molecule has 0 atom stereocenters. The largest absolute Gasteiger partial charge is 0.435 e. The summed E-state index contributed by atoms with van der Waals surface area (Å²) in [5, 5.41) is 9.76. The summed E-state index contributed by atoms with van der Waals surface area (Å²) in [6.07, 6.45) is -1.20. The summed E-state index contributed by atoms with van der Waals surface area (Å²) < 4.78 is 45.3. The van der Waals surface area contributed by atoms with E-state index in [-0.39, 0.29) is 18.2 Å². The van der Waals surface area contributed by atoms with Gasteiger partial charge in [0.25, 0.3) is 0 Å². The van der Waals surface area contributed by atoms with Gasteiger partial charge < -0.3 is 20.3 Å². The number of aromatic nitrogens is 2. The van der Waals surface area contributed by atoms with Crippen molar-refractivity contribution in [2.24, 2.45) is 12.0 Å². The van der Waals surface area contributed by atoms with Gasteiger partial charge in [0.1, 0.15) is 0 Å². The molecule has 0 aliphatic carbocycles. The molecule has 2 heterocycles. The number of rotatable bonds is 6. The van der Waals surface area contributed by atoms with Gasteiger partial charge in [-0.2, -0.15) is 18.3 Å². The molecular weight excluding hydrogens is 349 g/mol. The van der Waals surface area contributed by atoms with Crippen LogP contribution in [0.5, 0.6) is 0 Å². The van der Waals surface area contributed by atoms with Crippen molar-refractivity contribution in [3.8, 4) is 0 Å². The number of nitrogens with zero attached hydrogens (tertiary/aromatic N) is 4. The fraction of sp³-hybridized carbons (Fsp3) is 0.750. The van der Waals surface area contributed by atoms with E-state index >= 15 is 0 Å². The number of piperidine rings is 1. The number of hydrogen-bond donors (Lipinski definition) is 2. The second-order valence-electron chi connectivity index (χ2n) is 6.35. The molecule has 10 heteroatoms. The average molecular weight is 376 g/mol. The lowest BCUT2D eigenvalue weighted by Crippen LogP contribution is -2.48. The van der Waals surface area contributed by atoms with Crippen molar-refractivity contribution in [3.05, 3.63) is 17.5 Å². The molecule has 7 nitrogen and oxygen atoms in total. The molecule has 2 rings (SSSR count). The minimum Gasteiger partial charge on any atom is -0.383 e. The Bertz CT molecular complexity index is 593. The number of nitrogens with one attached hydrogen (secondary N) is 2. The van der Waals surface area contributed by atoms with E-state index in [1.807, 2.05) is 0 Å². The molecule has 1 saturated heterocycles. The van der Waals surface area contributed by atoms with E-state index in [0.29, 0.717) is 12.6 Å². The summed E-state index contributed by atoms with van der Waals surface area (Å²) in [6.45, 7) is 3.55. The Labute approximate surface area is 151 Å². The summed E-state index contributed by atoms with van der Waals surface area (Å²) in [5.41, 5.74) is -0.772. The van der Waals surface area contributed by atoms with Crippen LogP contribution in [0.15, 0.2) is 11.2 Å². The normalized spacial score (nSPS) is 17.5. The Morgan fingerprint density at radius 2 is 2.08 bits per heavy atom. The molecule has 0 amide bonds. The molecule has 148 valence electrons. The van der Waals surface area contributed by atoms with Crippen LogP contribution >= 0.6 is 0 Å². The second-order valence-corrected chi connectivity index (χ2v) is 6.35. The number of halogens is 3. The number of hydrogen-bond acceptors (Lipinski definition) is 4. The standard InChI is InChI=1S/C16H27F3N6O/c1-20-15(22-13-4-6-25(7-5-13)8-9-26-3)21-10-12-11-24(2)23-14(12)16(17,18)19/h11,13H,4-10H2,1-3H3,(H2,20,21,22). The van der Waals surface area contributed by atoms with Gasteiger partial charge >= 0.3 is 6.18 Å². The Morgan fingerprint density at radius 1 is 1.38 bits per heavy atom. The van der Waals surface area contributed by atoms with E-state index in [1.54, 1.807) is 14.2 Å². The topological polar surface area (TPSA) is 66.7 Å². The maximum absolute atomic E-state index is 13.0. The molecule has 1 aliphatic heterocycles. The van der Waals surface area contributed by atoms with Crippen LogP contribution in [0.2, 0.25) is 0 Å². The van der Waals surface area contributed by atoms with Crippen molar-refractivity contribution in [2.45, 2.75) is 31.6 Å². The van der Waals surface area contributed by atoms with Crippen molar-refractivity contribution in [1.82, 2.24) is 25.3 Å². The van der Waals surface area contributed by atoms with E-state index in [9.17, 15) is 13.2 Å². The van der Waals surface area contributed by atoms with Gasteiger partial charge in [0.15, 0.2) is 11.7 Å². The van der Waals surface area contributed by atoms with Gasteiger partial charge in [-0.1, -0.05) is 0 Å². The Hall–Kier alpha value is -1.81. The van der Waals surface area contributed by atoms with Crippen molar-refractivity contribution in [1.29, 1.82) is 0 Å². The molecular formula is C16H27F3N6O. The number of aliphatic imine (C=N–C) groups is 1. The zero-order chi connectivity index (χ0) is 19.2. The van der Waals surface area contributed by atoms with Crippen LogP contribution in [0.25, 0.3) is 0 Å². The van der Waals surface area contributed by atoms with Crippen LogP contribution < -0.4 is 10.6 Å². The van der Waals surface area contributed by atoms with E-state index in [0.717, 1.165) is 32.5 Å². The predicted octanol–water partition coefficient (Wildman–Crippen LogP) is 1.21. The highest BCUT2D eigenvalue weighted by Gasteiger charge is 2.36. The lowest BCUT2D eigenvalue weighted by molar-refractivity contribution is -0.142. The summed E-state index contributed by atoms with van der Waals surface area (Å²) in [7, 11) is 4.77. The maximum atomic E-state index is 13.0. The number of guanidine groups is 1. The molecule has 1 aliphatic rings. The smallest absolute Gasteiger partial charge is 0.383 e. The maximum Gasteiger partial charge on any atom is 0.435 e. The molecule has 0 unspecified atom stereocenters. The predicted molar refractivity (Wildman–Crippen MR) is 92.9 cm³/mol. The van der Waals surface area contributed by atoms with Crippen LogP contribution in [0, 0.1) is 0 Å². The molecule has 26 heavy (non-hydrogen) atoms. The third-order valence-electron chi connectivity index (χ3n) is 4.38.